The van der Waals surface area contributed by atoms with E-state index in [2.05, 4.69) is 77.6 Å². The van der Waals surface area contributed by atoms with Gasteiger partial charge in [-0.2, -0.15) is 0 Å². The lowest BCUT2D eigenvalue weighted by Crippen LogP contribution is -2.18. The van der Waals surface area contributed by atoms with Gasteiger partial charge in [0.1, 0.15) is 0 Å². The van der Waals surface area contributed by atoms with Crippen molar-refractivity contribution in [1.82, 2.24) is 0 Å². The maximum Gasteiger partial charge on any atom is 0.0980 e. The highest BCUT2D eigenvalue weighted by Crippen LogP contribution is 2.37. The van der Waals surface area contributed by atoms with Crippen LogP contribution in [0.4, 0.5) is 0 Å². The van der Waals surface area contributed by atoms with E-state index in [1.54, 1.807) is 7.11 Å². The molecule has 0 spiro atoms. The molecule has 0 aliphatic carbocycles. The lowest BCUT2D eigenvalue weighted by atomic mass is 9.78. The molecule has 1 atom stereocenters. The Hall–Kier alpha value is -1.50. The van der Waals surface area contributed by atoms with Crippen molar-refractivity contribution in [2.75, 3.05) is 7.11 Å². The van der Waals surface area contributed by atoms with E-state index >= 15 is 0 Å². The van der Waals surface area contributed by atoms with Crippen molar-refractivity contribution >= 4 is 0 Å². The lowest BCUT2D eigenvalue weighted by Gasteiger charge is -2.29. The summed E-state index contributed by atoms with van der Waals surface area (Å²) in [5.74, 6) is 1.78. The van der Waals surface area contributed by atoms with Gasteiger partial charge in [0.15, 0.2) is 0 Å². The first-order chi connectivity index (χ1) is 9.30. The van der Waals surface area contributed by atoms with Crippen LogP contribution >= 0.6 is 0 Å². The van der Waals surface area contributed by atoms with Gasteiger partial charge in [0.25, 0.3) is 0 Å². The minimum atomic E-state index is -0.142. The first-order valence-electron chi connectivity index (χ1n) is 7.28. The second kappa shape index (κ2) is 6.78. The van der Waals surface area contributed by atoms with Crippen molar-refractivity contribution in [3.63, 3.8) is 0 Å². The Labute approximate surface area is 124 Å². The van der Waals surface area contributed by atoms with Crippen LogP contribution < -0.4 is 0 Å². The molecular formula is C19H28O. The fourth-order valence-corrected chi connectivity index (χ4v) is 2.30. The van der Waals surface area contributed by atoms with Gasteiger partial charge < -0.3 is 4.74 Å². The number of rotatable bonds is 6. The second-order valence-corrected chi connectivity index (χ2v) is 6.28. The van der Waals surface area contributed by atoms with Crippen LogP contribution in [0.15, 0.2) is 54.3 Å². The SMILES string of the molecule is C=C(OC)C(C)(C)/C(C)=C/C(c1ccccc1)C(C)C. The molecule has 0 saturated carbocycles. The van der Waals surface area contributed by atoms with Gasteiger partial charge in [-0.1, -0.05) is 62.4 Å². The summed E-state index contributed by atoms with van der Waals surface area (Å²) in [4.78, 5) is 0. The molecule has 20 heavy (non-hydrogen) atoms. The molecule has 0 saturated heterocycles. The third-order valence-corrected chi connectivity index (χ3v) is 4.26. The van der Waals surface area contributed by atoms with E-state index in [-0.39, 0.29) is 5.41 Å². The summed E-state index contributed by atoms with van der Waals surface area (Å²) in [6.07, 6.45) is 2.37. The van der Waals surface area contributed by atoms with E-state index in [1.165, 1.54) is 11.1 Å². The summed E-state index contributed by atoms with van der Waals surface area (Å²) in [5.41, 5.74) is 2.52. The summed E-state index contributed by atoms with van der Waals surface area (Å²) < 4.78 is 5.35. The van der Waals surface area contributed by atoms with E-state index in [1.807, 2.05) is 0 Å². The topological polar surface area (TPSA) is 9.23 Å². The molecule has 0 aliphatic heterocycles. The highest BCUT2D eigenvalue weighted by atomic mass is 16.5. The molecule has 0 heterocycles. The van der Waals surface area contributed by atoms with Crippen molar-refractivity contribution in [2.24, 2.45) is 11.3 Å². The summed E-state index contributed by atoms with van der Waals surface area (Å²) >= 11 is 0. The Kier molecular flexibility index (Phi) is 5.62. The molecule has 0 bridgehead atoms. The Bertz CT molecular complexity index is 466. The standard InChI is InChI=1S/C19H28O/c1-14(2)18(17-11-9-8-10-12-17)13-15(3)19(5,6)16(4)20-7/h8-14,18H,4H2,1-3,5-7H3/b15-13+. The number of allylic oxidation sites excluding steroid dienone is 2. The Balaban J connectivity index is 3.12. The molecule has 1 rings (SSSR count). The molecule has 1 nitrogen and oxygen atoms in total. The van der Waals surface area contributed by atoms with Gasteiger partial charge in [-0.3, -0.25) is 0 Å². The molecule has 0 aromatic heterocycles. The average Bonchev–Trinajstić information content (AvgIpc) is 2.43. The molecule has 0 aliphatic rings. The van der Waals surface area contributed by atoms with Crippen LogP contribution in [0, 0.1) is 11.3 Å². The largest absolute Gasteiger partial charge is 0.501 e. The van der Waals surface area contributed by atoms with Crippen LogP contribution in [0.25, 0.3) is 0 Å². The van der Waals surface area contributed by atoms with Crippen molar-refractivity contribution in [2.45, 2.75) is 40.5 Å². The molecule has 0 radical (unpaired) electrons. The highest BCUT2D eigenvalue weighted by molar-refractivity contribution is 5.29. The van der Waals surface area contributed by atoms with Crippen LogP contribution in [0.2, 0.25) is 0 Å². The number of methoxy groups -OCH3 is 1. The number of ether oxygens (including phenoxy) is 1. The van der Waals surface area contributed by atoms with E-state index in [0.717, 1.165) is 5.76 Å². The Morgan fingerprint density at radius 1 is 1.20 bits per heavy atom. The minimum Gasteiger partial charge on any atom is -0.501 e. The molecule has 0 N–H and O–H groups in total. The van der Waals surface area contributed by atoms with Gasteiger partial charge in [-0.25, -0.2) is 0 Å². The summed E-state index contributed by atoms with van der Waals surface area (Å²) in [6.45, 7) is 15.0. The molecule has 1 aromatic carbocycles. The second-order valence-electron chi connectivity index (χ2n) is 6.28. The molecule has 0 fully saturated rings. The van der Waals surface area contributed by atoms with Gasteiger partial charge >= 0.3 is 0 Å². The van der Waals surface area contributed by atoms with E-state index in [0.29, 0.717) is 11.8 Å². The van der Waals surface area contributed by atoms with Crippen LogP contribution in [0.1, 0.15) is 46.1 Å². The molecule has 110 valence electrons. The van der Waals surface area contributed by atoms with Gasteiger partial charge in [0.05, 0.1) is 12.9 Å². The number of hydrogen-bond acceptors (Lipinski definition) is 1. The van der Waals surface area contributed by atoms with Crippen molar-refractivity contribution in [3.8, 4) is 0 Å². The number of benzene rings is 1. The van der Waals surface area contributed by atoms with Crippen molar-refractivity contribution < 1.29 is 4.74 Å². The average molecular weight is 272 g/mol. The van der Waals surface area contributed by atoms with Crippen molar-refractivity contribution in [1.29, 1.82) is 0 Å². The maximum atomic E-state index is 5.35. The van der Waals surface area contributed by atoms with E-state index < -0.39 is 0 Å². The normalized spacial score (nSPS) is 14.2. The summed E-state index contributed by atoms with van der Waals surface area (Å²) in [6, 6.07) is 10.7. The predicted octanol–water partition coefficient (Wildman–Crippen LogP) is 5.56. The van der Waals surface area contributed by atoms with Crippen LogP contribution in [-0.2, 0) is 4.74 Å². The molecule has 1 heteroatoms. The zero-order valence-electron chi connectivity index (χ0n) is 13.7. The molecule has 1 unspecified atom stereocenters. The van der Waals surface area contributed by atoms with Crippen molar-refractivity contribution in [3.05, 3.63) is 59.9 Å². The first-order valence-corrected chi connectivity index (χ1v) is 7.28. The van der Waals surface area contributed by atoms with Gasteiger partial charge in [-0.05, 0) is 32.3 Å². The highest BCUT2D eigenvalue weighted by Gasteiger charge is 2.26. The molecule has 1 aromatic rings. The van der Waals surface area contributed by atoms with Gasteiger partial charge in [-0.15, -0.1) is 0 Å². The third kappa shape index (κ3) is 3.75. The fourth-order valence-electron chi connectivity index (χ4n) is 2.30. The molecule has 0 amide bonds. The summed E-state index contributed by atoms with van der Waals surface area (Å²) in [7, 11) is 1.69. The first kappa shape index (κ1) is 16.6. The zero-order chi connectivity index (χ0) is 15.3. The van der Waals surface area contributed by atoms with Gasteiger partial charge in [0, 0.05) is 11.3 Å². The smallest absolute Gasteiger partial charge is 0.0980 e. The molecular weight excluding hydrogens is 244 g/mol. The lowest BCUT2D eigenvalue weighted by molar-refractivity contribution is 0.217. The van der Waals surface area contributed by atoms with Gasteiger partial charge in [0.2, 0.25) is 0 Å². The fraction of sp³-hybridized carbons (Fsp3) is 0.474. The van der Waals surface area contributed by atoms with Crippen LogP contribution in [0.5, 0.6) is 0 Å². The minimum absolute atomic E-state index is 0.142. The third-order valence-electron chi connectivity index (χ3n) is 4.26. The number of hydrogen-bond donors (Lipinski definition) is 0. The summed E-state index contributed by atoms with van der Waals surface area (Å²) in [5, 5.41) is 0. The quantitative estimate of drug-likeness (QED) is 0.486. The predicted molar refractivity (Wildman–Crippen MR) is 87.7 cm³/mol. The van der Waals surface area contributed by atoms with Crippen LogP contribution in [0.3, 0.4) is 0 Å². The van der Waals surface area contributed by atoms with E-state index in [9.17, 15) is 0 Å². The monoisotopic (exact) mass is 272 g/mol. The van der Waals surface area contributed by atoms with Crippen LogP contribution in [-0.4, -0.2) is 7.11 Å². The zero-order valence-corrected chi connectivity index (χ0v) is 13.7. The van der Waals surface area contributed by atoms with E-state index in [4.69, 9.17) is 4.74 Å². The Morgan fingerprint density at radius 2 is 1.75 bits per heavy atom. The Morgan fingerprint density at radius 3 is 2.20 bits per heavy atom. The maximum absolute atomic E-state index is 5.35.